The number of hydrogen-bond acceptors (Lipinski definition) is 21. The molecule has 0 bridgehead atoms. The van der Waals surface area contributed by atoms with Crippen LogP contribution in [0.5, 0.6) is 0 Å². The summed E-state index contributed by atoms with van der Waals surface area (Å²) < 4.78 is 64.1. The molecule has 0 amide bonds. The molecule has 2 aromatic carbocycles. The molecule has 88 heavy (non-hydrogen) atoms. The zero-order chi connectivity index (χ0) is 64.4. The van der Waals surface area contributed by atoms with E-state index in [1.165, 1.54) is 14.0 Å². The van der Waals surface area contributed by atoms with E-state index in [4.69, 9.17) is 47.4 Å². The van der Waals surface area contributed by atoms with Crippen LogP contribution in [0, 0.1) is 17.8 Å². The Balaban J connectivity index is 0.991. The lowest BCUT2D eigenvalue weighted by Crippen LogP contribution is -2.61. The van der Waals surface area contributed by atoms with E-state index in [1.54, 1.807) is 60.7 Å². The zero-order valence-electron chi connectivity index (χ0n) is 54.4. The van der Waals surface area contributed by atoms with Crippen LogP contribution in [0.15, 0.2) is 59.5 Å². The molecule has 18 atom stereocenters. The molecule has 494 valence electrons. The number of aliphatic hydroxyl groups is 4. The van der Waals surface area contributed by atoms with Crippen molar-refractivity contribution in [3.05, 3.63) is 76.1 Å². The SMILES string of the molecule is CC[C@H]1OC(=O)[C@H](C)[C@@H](O[C@H]2C[C@@](C)(OC)[C@@H](OC(=O)CCOCCNc3ccc4c(c3)c(=O)c(C(=O)OCCCOCc3ccccc3)cn4C3CC3)[C@H](C)O2)[C@H](C)[C@@H](O[C@@H]2O[C@H](C)C[C@H](N(C)C)[C@@H]2O)[C@](C)(O)C[C@@H](C)CN(C)[C@H](C)[C@@H](O)[C@]1(C)O. The van der Waals surface area contributed by atoms with Crippen molar-refractivity contribution in [1.29, 1.82) is 0 Å². The summed E-state index contributed by atoms with van der Waals surface area (Å²) in [5.74, 6) is -4.14. The van der Waals surface area contributed by atoms with Gasteiger partial charge in [-0.2, -0.15) is 0 Å². The third-order valence-corrected chi connectivity index (χ3v) is 18.4. The van der Waals surface area contributed by atoms with Gasteiger partial charge in [0.05, 0.1) is 80.9 Å². The molecule has 5 N–H and O–H groups in total. The van der Waals surface area contributed by atoms with Gasteiger partial charge in [0.1, 0.15) is 35.1 Å². The van der Waals surface area contributed by atoms with Gasteiger partial charge in [-0.05, 0) is 131 Å². The lowest BCUT2D eigenvalue weighted by Gasteiger charge is -2.49. The highest BCUT2D eigenvalue weighted by Crippen LogP contribution is 2.42. The van der Waals surface area contributed by atoms with Crippen LogP contribution >= 0.6 is 0 Å². The molecular weight excluding hydrogens is 1140 g/mol. The summed E-state index contributed by atoms with van der Waals surface area (Å²) in [6.45, 7) is 19.5. The van der Waals surface area contributed by atoms with E-state index in [0.29, 0.717) is 50.2 Å². The molecule has 1 aromatic heterocycles. The minimum atomic E-state index is -1.87. The number of aromatic nitrogens is 1. The van der Waals surface area contributed by atoms with Crippen molar-refractivity contribution in [2.24, 2.45) is 17.8 Å². The molecular formula is C66H102N4O18. The van der Waals surface area contributed by atoms with Gasteiger partial charge in [-0.15, -0.1) is 0 Å². The third-order valence-electron chi connectivity index (χ3n) is 18.4. The molecule has 3 aromatic rings. The maximum Gasteiger partial charge on any atom is 0.343 e. The topological polar surface area (TPSA) is 265 Å². The van der Waals surface area contributed by atoms with Crippen LogP contribution in [0.3, 0.4) is 0 Å². The molecule has 22 nitrogen and oxygen atoms in total. The Labute approximate surface area is 519 Å². The van der Waals surface area contributed by atoms with Gasteiger partial charge >= 0.3 is 17.9 Å². The van der Waals surface area contributed by atoms with Crippen molar-refractivity contribution in [3.8, 4) is 0 Å². The monoisotopic (exact) mass is 1240 g/mol. The van der Waals surface area contributed by atoms with Crippen LogP contribution in [-0.4, -0.2) is 211 Å². The predicted molar refractivity (Wildman–Crippen MR) is 329 cm³/mol. The number of likely N-dealkylation sites (N-methyl/N-ethyl adjacent to an activating group) is 2. The number of hydrogen-bond donors (Lipinski definition) is 5. The van der Waals surface area contributed by atoms with Gasteiger partial charge < -0.3 is 87.5 Å². The van der Waals surface area contributed by atoms with E-state index in [2.05, 4.69) is 5.32 Å². The number of pyridine rings is 1. The molecule has 4 aliphatic rings. The first-order valence-electron chi connectivity index (χ1n) is 31.6. The fraction of sp³-hybridized carbons (Fsp3) is 0.727. The Hall–Kier alpha value is -4.66. The highest BCUT2D eigenvalue weighted by Gasteiger charge is 2.54. The van der Waals surface area contributed by atoms with E-state index in [9.17, 15) is 39.6 Å². The molecule has 1 aliphatic carbocycles. The minimum Gasteiger partial charge on any atom is -0.462 e. The number of carbonyl (C=O) groups is 3. The number of esters is 3. The molecule has 22 heteroatoms. The standard InChI is InChI=1S/C66H102N4O18/c1-15-52-66(10,78)58(74)43(6)69(13)36-39(2)34-64(8,77)59(88-63-56(73)51(68(11)12)32-40(3)83-63)41(4)57(42(5)61(75)85-52)87-54-35-65(9,79-14)60(44(7)84-54)86-53(71)26-30-80-31-27-67-46-22-25-50-48(33-46)55(72)49(37-70(50)47-23-24-47)62(76)82-29-19-28-81-38-45-20-17-16-18-21-45/h16-18,20-22,25,33,37,39-44,47,51-52,54,56-60,63,67,73-74,77-78H,15,19,23-24,26-32,34-36,38H2,1-14H3/t39-,40-,41+,42-,43-,44+,51+,52-,54+,56+,57+,58-,59-,60+,63+,64-,65-,66-/m1/s1. The number of cyclic esters (lactones) is 1. The predicted octanol–water partition coefficient (Wildman–Crippen LogP) is 6.38. The molecule has 0 radical (unpaired) electrons. The highest BCUT2D eigenvalue weighted by molar-refractivity contribution is 5.94. The van der Waals surface area contributed by atoms with Crippen molar-refractivity contribution in [2.75, 3.05) is 73.1 Å². The minimum absolute atomic E-state index is 0.0213. The second kappa shape index (κ2) is 31.1. The van der Waals surface area contributed by atoms with Gasteiger partial charge in [0.15, 0.2) is 18.7 Å². The van der Waals surface area contributed by atoms with Crippen molar-refractivity contribution in [1.82, 2.24) is 14.4 Å². The normalized spacial score (nSPS) is 34.8. The lowest BCUT2D eigenvalue weighted by atomic mass is 9.77. The summed E-state index contributed by atoms with van der Waals surface area (Å²) in [6.07, 6.45) is -5.37. The Morgan fingerprint density at radius 3 is 2.26 bits per heavy atom. The average molecular weight is 1240 g/mol. The number of anilines is 1. The number of nitrogens with one attached hydrogen (secondary N) is 1. The number of fused-ring (bicyclic) bond motifs is 1. The number of ether oxygens (including phenoxy) is 10. The van der Waals surface area contributed by atoms with Crippen LogP contribution < -0.4 is 10.7 Å². The van der Waals surface area contributed by atoms with Gasteiger partial charge in [0.2, 0.25) is 5.43 Å². The molecule has 4 heterocycles. The van der Waals surface area contributed by atoms with Gasteiger partial charge in [-0.25, -0.2) is 4.79 Å². The summed E-state index contributed by atoms with van der Waals surface area (Å²) >= 11 is 0. The van der Waals surface area contributed by atoms with E-state index >= 15 is 0 Å². The molecule has 3 aliphatic heterocycles. The fourth-order valence-corrected chi connectivity index (χ4v) is 13.1. The second-order valence-electron chi connectivity index (χ2n) is 26.2. The number of nitrogens with zero attached hydrogens (tertiary/aromatic N) is 3. The first kappa shape index (κ1) is 70.8. The second-order valence-corrected chi connectivity index (χ2v) is 26.2. The summed E-state index contributed by atoms with van der Waals surface area (Å²) in [6, 6.07) is 14.5. The maximum absolute atomic E-state index is 14.7. The van der Waals surface area contributed by atoms with Crippen molar-refractivity contribution in [2.45, 2.75) is 224 Å². The summed E-state index contributed by atoms with van der Waals surface area (Å²) in [5, 5.41) is 52.0. The number of methoxy groups -OCH3 is 1. The van der Waals surface area contributed by atoms with Crippen LogP contribution in [-0.2, 0) is 63.6 Å². The number of aliphatic hydroxyl groups excluding tert-OH is 2. The van der Waals surface area contributed by atoms with Gasteiger partial charge in [-0.3, -0.25) is 14.4 Å². The smallest absolute Gasteiger partial charge is 0.343 e. The molecule has 1 saturated carbocycles. The summed E-state index contributed by atoms with van der Waals surface area (Å²) in [4.78, 5) is 59.2. The lowest BCUT2D eigenvalue weighted by molar-refractivity contribution is -0.318. The van der Waals surface area contributed by atoms with Crippen LogP contribution in [0.1, 0.15) is 143 Å². The van der Waals surface area contributed by atoms with Crippen molar-refractivity contribution >= 4 is 34.5 Å². The Morgan fingerprint density at radius 1 is 0.875 bits per heavy atom. The van der Waals surface area contributed by atoms with Gasteiger partial charge in [-0.1, -0.05) is 51.1 Å². The van der Waals surface area contributed by atoms with E-state index in [-0.39, 0.29) is 75.2 Å². The van der Waals surface area contributed by atoms with Crippen molar-refractivity contribution in [3.63, 3.8) is 0 Å². The average Bonchev–Trinajstić information content (AvgIpc) is 1.52. The fourth-order valence-electron chi connectivity index (χ4n) is 13.1. The molecule has 0 unspecified atom stereocenters. The Bertz CT molecular complexity index is 2800. The summed E-state index contributed by atoms with van der Waals surface area (Å²) in [7, 11) is 7.07. The Kier molecular flexibility index (Phi) is 25.0. The first-order valence-corrected chi connectivity index (χ1v) is 31.6. The molecule has 3 saturated heterocycles. The largest absolute Gasteiger partial charge is 0.462 e. The molecule has 7 rings (SSSR count). The summed E-state index contributed by atoms with van der Waals surface area (Å²) in [5.41, 5.74) is -2.71. The number of benzene rings is 2. The molecule has 0 spiro atoms. The first-order chi connectivity index (χ1) is 41.6. The zero-order valence-corrected chi connectivity index (χ0v) is 54.4. The maximum atomic E-state index is 14.7. The molecule has 4 fully saturated rings. The van der Waals surface area contributed by atoms with Gasteiger partial charge in [0.25, 0.3) is 0 Å². The van der Waals surface area contributed by atoms with E-state index < -0.39 is 113 Å². The van der Waals surface area contributed by atoms with Crippen LogP contribution in [0.25, 0.3) is 10.9 Å². The van der Waals surface area contributed by atoms with Gasteiger partial charge in [0, 0.05) is 74.4 Å². The quantitative estimate of drug-likeness (QED) is 0.0391. The highest BCUT2D eigenvalue weighted by atomic mass is 16.7. The third kappa shape index (κ3) is 17.7. The number of rotatable bonds is 23. The van der Waals surface area contributed by atoms with Crippen LogP contribution in [0.2, 0.25) is 0 Å². The van der Waals surface area contributed by atoms with E-state index in [1.807, 2.05) is 91.8 Å². The number of carbonyl (C=O) groups excluding carboxylic acids is 3. The van der Waals surface area contributed by atoms with Crippen LogP contribution in [0.4, 0.5) is 5.69 Å². The van der Waals surface area contributed by atoms with Crippen molar-refractivity contribution < 1.29 is 82.2 Å². The Morgan fingerprint density at radius 2 is 1.59 bits per heavy atom. The van der Waals surface area contributed by atoms with E-state index in [0.717, 1.165) is 23.9 Å².